The van der Waals surface area contributed by atoms with Gasteiger partial charge in [-0.3, -0.25) is 0 Å². The zero-order valence-corrected chi connectivity index (χ0v) is 11.2. The first-order valence-electron chi connectivity index (χ1n) is 6.39. The van der Waals surface area contributed by atoms with Crippen molar-refractivity contribution in [1.82, 2.24) is 9.97 Å². The molecule has 0 aliphatic rings. The van der Waals surface area contributed by atoms with Crippen LogP contribution in [0.5, 0.6) is 5.75 Å². The number of nitrogens with zero attached hydrogens (tertiary/aromatic N) is 2. The van der Waals surface area contributed by atoms with Crippen molar-refractivity contribution < 1.29 is 4.74 Å². The van der Waals surface area contributed by atoms with Crippen molar-refractivity contribution in [1.29, 1.82) is 0 Å². The van der Waals surface area contributed by atoms with Crippen LogP contribution in [0.3, 0.4) is 0 Å². The van der Waals surface area contributed by atoms with Crippen molar-refractivity contribution in [2.75, 3.05) is 12.8 Å². The Hall–Kier alpha value is -2.62. The van der Waals surface area contributed by atoms with Gasteiger partial charge in [-0.1, -0.05) is 24.3 Å². The van der Waals surface area contributed by atoms with E-state index >= 15 is 0 Å². The fourth-order valence-corrected chi connectivity index (χ4v) is 2.27. The number of nitrogens with two attached hydrogens (primary N) is 1. The van der Waals surface area contributed by atoms with E-state index < -0.39 is 0 Å². The highest BCUT2D eigenvalue weighted by Gasteiger charge is 2.06. The van der Waals surface area contributed by atoms with Crippen molar-refractivity contribution in [3.63, 3.8) is 0 Å². The minimum Gasteiger partial charge on any atom is -0.497 e. The molecule has 2 N–H and O–H groups in total. The van der Waals surface area contributed by atoms with Gasteiger partial charge in [-0.05, 0) is 34.5 Å². The monoisotopic (exact) mass is 265 g/mol. The SMILES string of the molecule is COc1ccc2cccc(Cc3nccc(N)n3)c2c1. The lowest BCUT2D eigenvalue weighted by Crippen LogP contribution is -2.00. The summed E-state index contributed by atoms with van der Waals surface area (Å²) in [5, 5.41) is 2.32. The molecular weight excluding hydrogens is 250 g/mol. The zero-order valence-electron chi connectivity index (χ0n) is 11.2. The van der Waals surface area contributed by atoms with Crippen LogP contribution in [0.2, 0.25) is 0 Å². The van der Waals surface area contributed by atoms with Crippen LogP contribution in [0.25, 0.3) is 10.8 Å². The average molecular weight is 265 g/mol. The summed E-state index contributed by atoms with van der Waals surface area (Å²) < 4.78 is 5.30. The number of hydrogen-bond donors (Lipinski definition) is 1. The van der Waals surface area contributed by atoms with Gasteiger partial charge >= 0.3 is 0 Å². The predicted molar refractivity (Wildman–Crippen MR) is 79.8 cm³/mol. The van der Waals surface area contributed by atoms with Gasteiger partial charge in [-0.2, -0.15) is 0 Å². The van der Waals surface area contributed by atoms with Crippen LogP contribution in [0.15, 0.2) is 48.7 Å². The Morgan fingerprint density at radius 2 is 2.05 bits per heavy atom. The van der Waals surface area contributed by atoms with Gasteiger partial charge in [-0.15, -0.1) is 0 Å². The normalized spacial score (nSPS) is 10.7. The summed E-state index contributed by atoms with van der Waals surface area (Å²) in [7, 11) is 1.67. The molecule has 0 fully saturated rings. The smallest absolute Gasteiger partial charge is 0.135 e. The highest BCUT2D eigenvalue weighted by atomic mass is 16.5. The van der Waals surface area contributed by atoms with Gasteiger partial charge in [0.25, 0.3) is 0 Å². The summed E-state index contributed by atoms with van der Waals surface area (Å²) >= 11 is 0. The summed E-state index contributed by atoms with van der Waals surface area (Å²) in [6, 6.07) is 13.9. The van der Waals surface area contributed by atoms with Gasteiger partial charge in [0.2, 0.25) is 0 Å². The summed E-state index contributed by atoms with van der Waals surface area (Å²) in [5.41, 5.74) is 6.86. The molecule has 1 heterocycles. The lowest BCUT2D eigenvalue weighted by Gasteiger charge is -2.08. The van der Waals surface area contributed by atoms with Crippen LogP contribution in [0.4, 0.5) is 5.82 Å². The van der Waals surface area contributed by atoms with E-state index in [2.05, 4.69) is 28.2 Å². The van der Waals surface area contributed by atoms with E-state index in [4.69, 9.17) is 10.5 Å². The van der Waals surface area contributed by atoms with Gasteiger partial charge in [0.15, 0.2) is 0 Å². The molecular formula is C16H15N3O. The van der Waals surface area contributed by atoms with E-state index in [0.29, 0.717) is 12.2 Å². The third-order valence-corrected chi connectivity index (χ3v) is 3.26. The zero-order chi connectivity index (χ0) is 13.9. The average Bonchev–Trinajstić information content (AvgIpc) is 2.47. The molecule has 0 unspecified atom stereocenters. The summed E-state index contributed by atoms with van der Waals surface area (Å²) in [5.74, 6) is 2.06. The maximum Gasteiger partial charge on any atom is 0.135 e. The molecule has 0 amide bonds. The lowest BCUT2D eigenvalue weighted by molar-refractivity contribution is 0.415. The topological polar surface area (TPSA) is 61.0 Å². The van der Waals surface area contributed by atoms with Crippen LogP contribution >= 0.6 is 0 Å². The van der Waals surface area contributed by atoms with Crippen molar-refractivity contribution in [2.45, 2.75) is 6.42 Å². The van der Waals surface area contributed by atoms with Crippen molar-refractivity contribution in [3.8, 4) is 5.75 Å². The van der Waals surface area contributed by atoms with Crippen LogP contribution in [0.1, 0.15) is 11.4 Å². The second kappa shape index (κ2) is 5.17. The molecule has 3 rings (SSSR count). The molecule has 0 saturated heterocycles. The summed E-state index contributed by atoms with van der Waals surface area (Å²) in [6.07, 6.45) is 2.33. The van der Waals surface area contributed by atoms with Gasteiger partial charge < -0.3 is 10.5 Å². The molecule has 4 nitrogen and oxygen atoms in total. The van der Waals surface area contributed by atoms with Gasteiger partial charge in [0, 0.05) is 12.6 Å². The van der Waals surface area contributed by atoms with E-state index in [1.54, 1.807) is 19.4 Å². The molecule has 0 atom stereocenters. The minimum atomic E-state index is 0.493. The van der Waals surface area contributed by atoms with E-state index in [9.17, 15) is 0 Å². The Labute approximate surface area is 117 Å². The third kappa shape index (κ3) is 2.40. The number of aromatic nitrogens is 2. The molecule has 2 aromatic carbocycles. The second-order valence-corrected chi connectivity index (χ2v) is 4.58. The Morgan fingerprint density at radius 1 is 1.15 bits per heavy atom. The van der Waals surface area contributed by atoms with Crippen molar-refractivity contribution in [3.05, 3.63) is 60.0 Å². The maximum absolute atomic E-state index is 5.70. The molecule has 0 radical (unpaired) electrons. The minimum absolute atomic E-state index is 0.493. The van der Waals surface area contributed by atoms with Crippen LogP contribution in [0, 0.1) is 0 Å². The Bertz CT molecular complexity index is 756. The first kappa shape index (κ1) is 12.4. The van der Waals surface area contributed by atoms with E-state index in [0.717, 1.165) is 22.5 Å². The first-order valence-corrected chi connectivity index (χ1v) is 6.39. The molecule has 0 aliphatic heterocycles. The number of nitrogen functional groups attached to an aromatic ring is 1. The molecule has 4 heteroatoms. The van der Waals surface area contributed by atoms with Crippen LogP contribution in [-0.2, 0) is 6.42 Å². The van der Waals surface area contributed by atoms with Gasteiger partial charge in [0.1, 0.15) is 17.4 Å². The van der Waals surface area contributed by atoms with Gasteiger partial charge in [0.05, 0.1) is 7.11 Å². The standard InChI is InChI=1S/C16H15N3O/c1-20-13-6-5-11-3-2-4-12(14(11)10-13)9-16-18-8-7-15(17)19-16/h2-8,10H,9H2,1H3,(H2,17,18,19). The second-order valence-electron chi connectivity index (χ2n) is 4.58. The first-order chi connectivity index (χ1) is 9.76. The van der Waals surface area contributed by atoms with Crippen LogP contribution in [-0.4, -0.2) is 17.1 Å². The van der Waals surface area contributed by atoms with E-state index in [1.165, 1.54) is 5.39 Å². The maximum atomic E-state index is 5.70. The molecule has 20 heavy (non-hydrogen) atoms. The molecule has 3 aromatic rings. The summed E-state index contributed by atoms with van der Waals surface area (Å²) in [6.45, 7) is 0. The molecule has 100 valence electrons. The largest absolute Gasteiger partial charge is 0.497 e. The van der Waals surface area contributed by atoms with Crippen molar-refractivity contribution in [2.24, 2.45) is 0 Å². The number of anilines is 1. The number of hydrogen-bond acceptors (Lipinski definition) is 4. The quantitative estimate of drug-likeness (QED) is 0.791. The van der Waals surface area contributed by atoms with Gasteiger partial charge in [-0.25, -0.2) is 9.97 Å². The number of fused-ring (bicyclic) bond motifs is 1. The molecule has 0 saturated carbocycles. The third-order valence-electron chi connectivity index (χ3n) is 3.26. The fourth-order valence-electron chi connectivity index (χ4n) is 2.27. The number of ether oxygens (including phenoxy) is 1. The molecule has 0 aliphatic carbocycles. The summed E-state index contributed by atoms with van der Waals surface area (Å²) in [4.78, 5) is 8.52. The predicted octanol–water partition coefficient (Wildman–Crippen LogP) is 2.81. The fraction of sp³-hybridized carbons (Fsp3) is 0.125. The Balaban J connectivity index is 2.06. The number of methoxy groups -OCH3 is 1. The van der Waals surface area contributed by atoms with E-state index in [1.807, 2.05) is 18.2 Å². The van der Waals surface area contributed by atoms with Crippen LogP contribution < -0.4 is 10.5 Å². The lowest BCUT2D eigenvalue weighted by atomic mass is 10.0. The molecule has 0 spiro atoms. The molecule has 1 aromatic heterocycles. The van der Waals surface area contributed by atoms with Crippen molar-refractivity contribution >= 4 is 16.6 Å². The Morgan fingerprint density at radius 3 is 2.85 bits per heavy atom. The number of rotatable bonds is 3. The Kier molecular flexibility index (Phi) is 3.21. The molecule has 0 bridgehead atoms. The highest BCUT2D eigenvalue weighted by Crippen LogP contribution is 2.25. The van der Waals surface area contributed by atoms with E-state index in [-0.39, 0.29) is 0 Å². The number of benzene rings is 2. The highest BCUT2D eigenvalue weighted by molar-refractivity contribution is 5.87.